The molecule has 1 atom stereocenters. The van der Waals surface area contributed by atoms with Crippen LogP contribution in [0.4, 0.5) is 5.82 Å². The van der Waals surface area contributed by atoms with Gasteiger partial charge >= 0.3 is 0 Å². The van der Waals surface area contributed by atoms with Gasteiger partial charge in [0.25, 0.3) is 0 Å². The number of amides is 1. The van der Waals surface area contributed by atoms with Crippen LogP contribution in [0.2, 0.25) is 0 Å². The molecule has 4 heterocycles. The van der Waals surface area contributed by atoms with E-state index in [2.05, 4.69) is 48.7 Å². The zero-order chi connectivity index (χ0) is 20.4. The molecule has 0 radical (unpaired) electrons. The summed E-state index contributed by atoms with van der Waals surface area (Å²) >= 11 is 1.36. The Morgan fingerprint density at radius 1 is 1.17 bits per heavy atom. The molecule has 0 unspecified atom stereocenters. The number of carbonyl (C=O) groups excluding carboxylic acids is 1. The Kier molecular flexibility index (Phi) is 5.24. The summed E-state index contributed by atoms with van der Waals surface area (Å²) in [6.45, 7) is 4.37. The second-order valence-electron chi connectivity index (χ2n) is 7.97. The average molecular weight is 423 g/mol. The summed E-state index contributed by atoms with van der Waals surface area (Å²) in [7, 11) is 0. The lowest BCUT2D eigenvalue weighted by atomic mass is 9.87. The molecule has 1 amide bonds. The molecule has 154 valence electrons. The first-order chi connectivity index (χ1) is 14.7. The maximum absolute atomic E-state index is 12.8. The number of benzene rings is 1. The summed E-state index contributed by atoms with van der Waals surface area (Å²) in [5, 5.41) is 6.08. The third-order valence-electron chi connectivity index (χ3n) is 5.70. The van der Waals surface area contributed by atoms with Crippen molar-refractivity contribution in [1.29, 1.82) is 0 Å². The molecule has 1 spiro atoms. The van der Waals surface area contributed by atoms with E-state index in [1.165, 1.54) is 23.4 Å². The lowest BCUT2D eigenvalue weighted by Crippen LogP contribution is -2.40. The average Bonchev–Trinajstić information content (AvgIpc) is 3.36. The maximum atomic E-state index is 12.8. The normalized spacial score (nSPS) is 22.5. The number of anilines is 1. The van der Waals surface area contributed by atoms with Gasteiger partial charge < -0.3 is 4.74 Å². The molecule has 0 N–H and O–H groups in total. The molecule has 2 aromatic heterocycles. The quantitative estimate of drug-likeness (QED) is 0.638. The van der Waals surface area contributed by atoms with Gasteiger partial charge in [-0.1, -0.05) is 28.8 Å². The van der Waals surface area contributed by atoms with Gasteiger partial charge in [-0.3, -0.25) is 14.6 Å². The Hall–Kier alpha value is -2.75. The smallest absolute Gasteiger partial charge is 0.228 e. The Balaban J connectivity index is 1.30. The predicted molar refractivity (Wildman–Crippen MR) is 113 cm³/mol. The first kappa shape index (κ1) is 19.2. The number of hydrogen-bond acceptors (Lipinski definition) is 8. The van der Waals surface area contributed by atoms with Gasteiger partial charge in [-0.2, -0.15) is 0 Å². The molecule has 3 aromatic rings. The molecule has 0 bridgehead atoms. The van der Waals surface area contributed by atoms with Crippen LogP contribution in [0.3, 0.4) is 0 Å². The highest BCUT2D eigenvalue weighted by Gasteiger charge is 2.46. The molecule has 2 fully saturated rings. The van der Waals surface area contributed by atoms with E-state index in [9.17, 15) is 4.79 Å². The number of carbonyl (C=O) groups is 1. The van der Waals surface area contributed by atoms with Gasteiger partial charge in [-0.25, -0.2) is 9.97 Å². The van der Waals surface area contributed by atoms with Gasteiger partial charge in [-0.05, 0) is 23.2 Å². The van der Waals surface area contributed by atoms with E-state index in [0.717, 1.165) is 30.9 Å². The Morgan fingerprint density at radius 3 is 2.83 bits per heavy atom. The molecule has 0 saturated carbocycles. The number of ether oxygens (including phenoxy) is 1. The molecule has 5 rings (SSSR count). The number of nitrogens with zero attached hydrogens (tertiary/aromatic N) is 6. The van der Waals surface area contributed by atoms with Crippen molar-refractivity contribution < 1.29 is 9.53 Å². The maximum Gasteiger partial charge on any atom is 0.228 e. The monoisotopic (exact) mass is 422 g/mol. The fourth-order valence-electron chi connectivity index (χ4n) is 4.30. The predicted octanol–water partition coefficient (Wildman–Crippen LogP) is 2.25. The zero-order valence-electron chi connectivity index (χ0n) is 16.5. The summed E-state index contributed by atoms with van der Waals surface area (Å²) in [6.07, 6.45) is 3.62. The molecular weight excluding hydrogens is 400 g/mol. The van der Waals surface area contributed by atoms with Gasteiger partial charge in [0.2, 0.25) is 5.91 Å². The van der Waals surface area contributed by atoms with Crippen molar-refractivity contribution in [3.63, 3.8) is 0 Å². The Morgan fingerprint density at radius 2 is 2.07 bits per heavy atom. The van der Waals surface area contributed by atoms with Crippen molar-refractivity contribution in [2.45, 2.75) is 13.0 Å². The first-order valence-electron chi connectivity index (χ1n) is 9.94. The summed E-state index contributed by atoms with van der Waals surface area (Å²) in [6, 6.07) is 10.2. The van der Waals surface area contributed by atoms with Crippen molar-refractivity contribution >= 4 is 23.3 Å². The molecule has 2 saturated heterocycles. The third kappa shape index (κ3) is 3.96. The van der Waals surface area contributed by atoms with Gasteiger partial charge in [-0.15, -0.1) is 5.10 Å². The van der Waals surface area contributed by atoms with Crippen LogP contribution in [-0.4, -0.2) is 63.2 Å². The fourth-order valence-corrected chi connectivity index (χ4v) is 4.76. The lowest BCUT2D eigenvalue weighted by molar-refractivity contribution is -0.118. The van der Waals surface area contributed by atoms with Crippen LogP contribution in [0.25, 0.3) is 11.3 Å². The standard InChI is InChI=1S/C21H22N6O2S/c28-20-9-21(13-27(20)19-5-6-22-15-23-19)12-26(7-8-29-14-21)10-16-1-3-17(4-2-16)18-11-30-25-24-18/h1-6,11,15H,7-10,12-14H2/t21-/m1/s1. The SMILES string of the molecule is O=C1C[C@]2(COCCN(Cc3ccc(-c4csnn4)cc3)C2)CN1c1ccncn1. The largest absolute Gasteiger partial charge is 0.379 e. The van der Waals surface area contributed by atoms with Gasteiger partial charge in [0, 0.05) is 55.2 Å². The van der Waals surface area contributed by atoms with E-state index in [1.54, 1.807) is 17.2 Å². The van der Waals surface area contributed by atoms with Crippen molar-refractivity contribution in [2.75, 3.05) is 37.7 Å². The summed E-state index contributed by atoms with van der Waals surface area (Å²) in [5.41, 5.74) is 2.99. The van der Waals surface area contributed by atoms with E-state index >= 15 is 0 Å². The van der Waals surface area contributed by atoms with Crippen LogP contribution < -0.4 is 4.90 Å². The molecular formula is C21H22N6O2S. The topological polar surface area (TPSA) is 84.3 Å². The summed E-state index contributed by atoms with van der Waals surface area (Å²) < 4.78 is 9.86. The fraction of sp³-hybridized carbons (Fsp3) is 0.381. The Bertz CT molecular complexity index is 998. The van der Waals surface area contributed by atoms with Crippen LogP contribution >= 0.6 is 11.5 Å². The minimum Gasteiger partial charge on any atom is -0.379 e. The van der Waals surface area contributed by atoms with E-state index in [4.69, 9.17) is 4.74 Å². The zero-order valence-corrected chi connectivity index (χ0v) is 17.3. The van der Waals surface area contributed by atoms with Crippen molar-refractivity contribution in [3.05, 3.63) is 53.8 Å². The number of rotatable bonds is 4. The van der Waals surface area contributed by atoms with Crippen LogP contribution in [0.1, 0.15) is 12.0 Å². The lowest BCUT2D eigenvalue weighted by Gasteiger charge is -2.31. The van der Waals surface area contributed by atoms with E-state index in [0.29, 0.717) is 32.0 Å². The first-order valence-corrected chi connectivity index (χ1v) is 10.8. The minimum atomic E-state index is -0.218. The molecule has 1 aromatic carbocycles. The second kappa shape index (κ2) is 8.17. The number of hydrogen-bond donors (Lipinski definition) is 0. The van der Waals surface area contributed by atoms with E-state index in [-0.39, 0.29) is 11.3 Å². The second-order valence-corrected chi connectivity index (χ2v) is 8.58. The highest BCUT2D eigenvalue weighted by atomic mass is 32.1. The van der Waals surface area contributed by atoms with Crippen LogP contribution in [-0.2, 0) is 16.1 Å². The van der Waals surface area contributed by atoms with Crippen LogP contribution in [0.15, 0.2) is 48.2 Å². The van der Waals surface area contributed by atoms with Gasteiger partial charge in [0.1, 0.15) is 17.8 Å². The van der Waals surface area contributed by atoms with Crippen molar-refractivity contribution in [3.8, 4) is 11.3 Å². The highest BCUT2D eigenvalue weighted by molar-refractivity contribution is 7.03. The third-order valence-corrected chi connectivity index (χ3v) is 6.20. The van der Waals surface area contributed by atoms with Gasteiger partial charge in [0.15, 0.2) is 0 Å². The molecule has 9 heteroatoms. The molecule has 8 nitrogen and oxygen atoms in total. The molecule has 30 heavy (non-hydrogen) atoms. The summed E-state index contributed by atoms with van der Waals surface area (Å²) in [5.74, 6) is 0.759. The van der Waals surface area contributed by atoms with Crippen LogP contribution in [0, 0.1) is 5.41 Å². The van der Waals surface area contributed by atoms with Crippen LogP contribution in [0.5, 0.6) is 0 Å². The van der Waals surface area contributed by atoms with Crippen molar-refractivity contribution in [2.24, 2.45) is 5.41 Å². The minimum absolute atomic E-state index is 0.0976. The van der Waals surface area contributed by atoms with E-state index < -0.39 is 0 Å². The summed E-state index contributed by atoms with van der Waals surface area (Å²) in [4.78, 5) is 25.1. The van der Waals surface area contributed by atoms with Crippen molar-refractivity contribution in [1.82, 2.24) is 24.5 Å². The van der Waals surface area contributed by atoms with E-state index in [1.807, 2.05) is 5.38 Å². The highest BCUT2D eigenvalue weighted by Crippen LogP contribution is 2.36. The molecule has 2 aliphatic rings. The molecule has 2 aliphatic heterocycles. The Labute approximate surface area is 178 Å². The molecule has 0 aliphatic carbocycles. The number of aromatic nitrogens is 4. The van der Waals surface area contributed by atoms with Gasteiger partial charge in [0.05, 0.1) is 13.2 Å².